The zero-order valence-electron chi connectivity index (χ0n) is 15.5. The van der Waals surface area contributed by atoms with E-state index in [1.54, 1.807) is 0 Å². The maximum Gasteiger partial charge on any atom is 0.286 e. The molecule has 1 fully saturated rings. The van der Waals surface area contributed by atoms with Crippen molar-refractivity contribution in [2.75, 3.05) is 0 Å². The van der Waals surface area contributed by atoms with Crippen molar-refractivity contribution in [2.24, 2.45) is 0 Å². The fraction of sp³-hybridized carbons (Fsp3) is 0.130. The summed E-state index contributed by atoms with van der Waals surface area (Å²) in [5.74, 6) is 0.567. The second-order valence-corrected chi connectivity index (χ2v) is 8.28. The van der Waals surface area contributed by atoms with Crippen LogP contribution in [0.25, 0.3) is 21.7 Å². The van der Waals surface area contributed by atoms with Gasteiger partial charge in [-0.3, -0.25) is 14.9 Å². The largest absolute Gasteiger partial charge is 0.489 e. The third kappa shape index (κ3) is 3.71. The molecule has 0 spiro atoms. The number of aromatic nitrogens is 1. The van der Waals surface area contributed by atoms with Crippen molar-refractivity contribution in [1.29, 1.82) is 0 Å². The summed E-state index contributed by atoms with van der Waals surface area (Å²) in [4.78, 5) is 26.4. The van der Waals surface area contributed by atoms with Crippen molar-refractivity contribution in [3.8, 4) is 5.75 Å². The van der Waals surface area contributed by atoms with Crippen molar-refractivity contribution in [3.63, 3.8) is 0 Å². The Bertz CT molecular complexity index is 1250. The molecule has 2 heterocycles. The number of benzene rings is 3. The Kier molecular flexibility index (Phi) is 4.48. The van der Waals surface area contributed by atoms with Crippen LogP contribution in [-0.4, -0.2) is 21.4 Å². The predicted molar refractivity (Wildman–Crippen MR) is 115 cm³/mol. The van der Waals surface area contributed by atoms with Gasteiger partial charge in [-0.25, -0.2) is 0 Å². The van der Waals surface area contributed by atoms with Gasteiger partial charge in [-0.1, -0.05) is 48.2 Å². The number of imide groups is 1. The molecule has 144 valence electrons. The topological polar surface area (TPSA) is 71.2 Å². The van der Waals surface area contributed by atoms with Crippen molar-refractivity contribution in [3.05, 3.63) is 78.0 Å². The average Bonchev–Trinajstić information content (AvgIpc) is 3.27. The fourth-order valence-electron chi connectivity index (χ4n) is 3.59. The molecule has 1 unspecified atom stereocenters. The molecule has 1 aromatic heterocycles. The molecule has 2 N–H and O–H groups in total. The van der Waals surface area contributed by atoms with E-state index < -0.39 is 0 Å². The Balaban J connectivity index is 1.30. The first kappa shape index (κ1) is 17.8. The molecule has 4 aromatic rings. The summed E-state index contributed by atoms with van der Waals surface area (Å²) >= 11 is 1.04. The molecule has 0 aliphatic carbocycles. The van der Waals surface area contributed by atoms with Gasteiger partial charge in [0.15, 0.2) is 0 Å². The van der Waals surface area contributed by atoms with Crippen LogP contribution in [0, 0.1) is 0 Å². The minimum atomic E-state index is -0.376. The number of rotatable bonds is 5. The molecule has 2 amide bonds. The van der Waals surface area contributed by atoms with Crippen LogP contribution in [-0.2, 0) is 17.8 Å². The Hall–Kier alpha value is -3.25. The molecule has 0 radical (unpaired) electrons. The summed E-state index contributed by atoms with van der Waals surface area (Å²) in [6.45, 7) is 0.495. The SMILES string of the molecule is O=C1NC(=O)C(Cc2cc3cc(OCc4ccc5ccccc5c4)ccc3[nH]2)S1. The minimum Gasteiger partial charge on any atom is -0.489 e. The number of hydrogen-bond donors (Lipinski definition) is 2. The van der Waals surface area contributed by atoms with Gasteiger partial charge in [-0.15, -0.1) is 0 Å². The quantitative estimate of drug-likeness (QED) is 0.503. The third-order valence-corrected chi connectivity index (χ3v) is 6.02. The Morgan fingerprint density at radius 2 is 1.76 bits per heavy atom. The molecule has 29 heavy (non-hydrogen) atoms. The number of fused-ring (bicyclic) bond motifs is 2. The highest BCUT2D eigenvalue weighted by atomic mass is 32.2. The summed E-state index contributed by atoms with van der Waals surface area (Å²) < 4.78 is 6.00. The zero-order chi connectivity index (χ0) is 19.8. The minimum absolute atomic E-state index is 0.224. The van der Waals surface area contributed by atoms with E-state index in [-0.39, 0.29) is 16.4 Å². The van der Waals surface area contributed by atoms with E-state index in [4.69, 9.17) is 4.74 Å². The summed E-state index contributed by atoms with van der Waals surface area (Å²) in [7, 11) is 0. The molecule has 0 bridgehead atoms. The smallest absolute Gasteiger partial charge is 0.286 e. The lowest BCUT2D eigenvalue weighted by molar-refractivity contribution is -0.118. The molecule has 1 atom stereocenters. The number of H-pyrrole nitrogens is 1. The van der Waals surface area contributed by atoms with Crippen LogP contribution >= 0.6 is 11.8 Å². The van der Waals surface area contributed by atoms with Crippen LogP contribution in [0.3, 0.4) is 0 Å². The number of carbonyl (C=O) groups is 2. The Labute approximate surface area is 171 Å². The summed E-state index contributed by atoms with van der Waals surface area (Å²) in [5, 5.41) is 5.11. The fourth-order valence-corrected chi connectivity index (χ4v) is 4.44. The molecule has 1 aliphatic heterocycles. The lowest BCUT2D eigenvalue weighted by atomic mass is 10.1. The standard InChI is InChI=1S/C23H18N2O3S/c26-22-21(29-23(27)25-22)12-18-10-17-11-19(7-8-20(17)24-18)28-13-14-5-6-15-3-1-2-4-16(15)9-14/h1-11,21,24H,12-13H2,(H,25,26,27). The predicted octanol–water partition coefficient (Wildman–Crippen LogP) is 4.79. The monoisotopic (exact) mass is 402 g/mol. The summed E-state index contributed by atoms with van der Waals surface area (Å²) in [5.41, 5.74) is 3.02. The molecule has 0 saturated carbocycles. The zero-order valence-corrected chi connectivity index (χ0v) is 16.3. The van der Waals surface area contributed by atoms with Crippen LogP contribution in [0.15, 0.2) is 66.7 Å². The Morgan fingerprint density at radius 3 is 2.59 bits per heavy atom. The number of amides is 2. The molecule has 1 saturated heterocycles. The summed E-state index contributed by atoms with van der Waals surface area (Å²) in [6, 6.07) is 22.5. The van der Waals surface area contributed by atoms with Gasteiger partial charge in [0, 0.05) is 23.0 Å². The van der Waals surface area contributed by atoms with E-state index in [0.29, 0.717) is 13.0 Å². The van der Waals surface area contributed by atoms with E-state index in [1.165, 1.54) is 10.8 Å². The number of carbonyl (C=O) groups excluding carboxylic acids is 2. The number of aromatic amines is 1. The Morgan fingerprint density at radius 1 is 0.897 bits per heavy atom. The normalized spacial score (nSPS) is 16.5. The highest BCUT2D eigenvalue weighted by molar-refractivity contribution is 8.15. The molecule has 5 rings (SSSR count). The van der Waals surface area contributed by atoms with Gasteiger partial charge < -0.3 is 9.72 Å². The van der Waals surface area contributed by atoms with Crippen LogP contribution in [0.1, 0.15) is 11.3 Å². The average molecular weight is 402 g/mol. The van der Waals surface area contributed by atoms with Gasteiger partial charge in [0.2, 0.25) is 5.91 Å². The second-order valence-electron chi connectivity index (χ2n) is 7.10. The van der Waals surface area contributed by atoms with Crippen molar-refractivity contribution in [2.45, 2.75) is 18.3 Å². The van der Waals surface area contributed by atoms with Crippen molar-refractivity contribution in [1.82, 2.24) is 10.3 Å². The van der Waals surface area contributed by atoms with Crippen LogP contribution in [0.2, 0.25) is 0 Å². The highest BCUT2D eigenvalue weighted by Crippen LogP contribution is 2.27. The van der Waals surface area contributed by atoms with Gasteiger partial charge >= 0.3 is 0 Å². The molecular formula is C23H18N2O3S. The number of ether oxygens (including phenoxy) is 1. The van der Waals surface area contributed by atoms with Gasteiger partial charge in [-0.05, 0) is 46.7 Å². The number of nitrogens with one attached hydrogen (secondary N) is 2. The van der Waals surface area contributed by atoms with Crippen molar-refractivity contribution >= 4 is 44.6 Å². The highest BCUT2D eigenvalue weighted by Gasteiger charge is 2.31. The lowest BCUT2D eigenvalue weighted by Crippen LogP contribution is -2.25. The summed E-state index contributed by atoms with van der Waals surface area (Å²) in [6.07, 6.45) is 0.490. The lowest BCUT2D eigenvalue weighted by Gasteiger charge is -2.07. The van der Waals surface area contributed by atoms with Crippen molar-refractivity contribution < 1.29 is 14.3 Å². The maximum absolute atomic E-state index is 11.8. The van der Waals surface area contributed by atoms with Gasteiger partial charge in [0.1, 0.15) is 12.4 Å². The van der Waals surface area contributed by atoms with Gasteiger partial charge in [-0.2, -0.15) is 0 Å². The maximum atomic E-state index is 11.8. The van der Waals surface area contributed by atoms with Crippen LogP contribution in [0.4, 0.5) is 4.79 Å². The van der Waals surface area contributed by atoms with Gasteiger partial charge in [0.05, 0.1) is 5.25 Å². The second kappa shape index (κ2) is 7.29. The van der Waals surface area contributed by atoms with E-state index in [2.05, 4.69) is 40.6 Å². The molecule has 5 nitrogen and oxygen atoms in total. The van der Waals surface area contributed by atoms with E-state index in [1.807, 2.05) is 36.4 Å². The third-order valence-electron chi connectivity index (χ3n) is 5.04. The van der Waals surface area contributed by atoms with Gasteiger partial charge in [0.25, 0.3) is 5.24 Å². The number of hydrogen-bond acceptors (Lipinski definition) is 4. The molecular weight excluding hydrogens is 384 g/mol. The van der Waals surface area contributed by atoms with E-state index in [0.717, 1.165) is 39.7 Å². The van der Waals surface area contributed by atoms with E-state index in [9.17, 15) is 9.59 Å². The first-order chi connectivity index (χ1) is 14.1. The van der Waals surface area contributed by atoms with Crippen LogP contribution in [0.5, 0.6) is 5.75 Å². The first-order valence-corrected chi connectivity index (χ1v) is 10.3. The molecule has 3 aromatic carbocycles. The number of thioether (sulfide) groups is 1. The molecule has 1 aliphatic rings. The molecule has 6 heteroatoms. The first-order valence-electron chi connectivity index (χ1n) is 9.38. The van der Waals surface area contributed by atoms with Crippen LogP contribution < -0.4 is 10.1 Å². The van der Waals surface area contributed by atoms with E-state index >= 15 is 0 Å².